The average molecular weight is 259 g/mol. The molecule has 0 amide bonds. The first-order valence-corrected chi connectivity index (χ1v) is 5.98. The van der Waals surface area contributed by atoms with E-state index in [-0.39, 0.29) is 0 Å². The number of nitrogens with zero attached hydrogens (tertiary/aromatic N) is 2. The van der Waals surface area contributed by atoms with Crippen LogP contribution in [0, 0.1) is 0 Å². The SMILES string of the molecule is Clc1cnccc1CNc1nc2ccccc2[nH]1. The molecule has 0 aliphatic carbocycles. The topological polar surface area (TPSA) is 53.6 Å². The molecule has 2 aromatic heterocycles. The zero-order chi connectivity index (χ0) is 12.4. The lowest BCUT2D eigenvalue weighted by atomic mass is 10.3. The monoisotopic (exact) mass is 258 g/mol. The van der Waals surface area contributed by atoms with E-state index in [2.05, 4.69) is 20.3 Å². The van der Waals surface area contributed by atoms with Crippen LogP contribution in [0.4, 0.5) is 5.95 Å². The number of hydrogen-bond acceptors (Lipinski definition) is 3. The van der Waals surface area contributed by atoms with Gasteiger partial charge < -0.3 is 10.3 Å². The van der Waals surface area contributed by atoms with Gasteiger partial charge in [-0.05, 0) is 23.8 Å². The predicted molar refractivity (Wildman–Crippen MR) is 72.7 cm³/mol. The zero-order valence-electron chi connectivity index (χ0n) is 9.52. The van der Waals surface area contributed by atoms with Gasteiger partial charge in [-0.3, -0.25) is 4.98 Å². The lowest BCUT2D eigenvalue weighted by Crippen LogP contribution is -2.01. The summed E-state index contributed by atoms with van der Waals surface area (Å²) in [5.41, 5.74) is 2.95. The van der Waals surface area contributed by atoms with E-state index in [1.165, 1.54) is 0 Å². The Morgan fingerprint density at radius 1 is 1.22 bits per heavy atom. The zero-order valence-corrected chi connectivity index (χ0v) is 10.3. The van der Waals surface area contributed by atoms with Crippen molar-refractivity contribution in [2.45, 2.75) is 6.54 Å². The molecule has 0 aliphatic heterocycles. The van der Waals surface area contributed by atoms with Gasteiger partial charge >= 0.3 is 0 Å². The van der Waals surface area contributed by atoms with E-state index in [4.69, 9.17) is 11.6 Å². The molecule has 90 valence electrons. The minimum Gasteiger partial charge on any atom is -0.352 e. The van der Waals surface area contributed by atoms with Gasteiger partial charge in [-0.25, -0.2) is 4.98 Å². The highest BCUT2D eigenvalue weighted by Gasteiger charge is 2.03. The van der Waals surface area contributed by atoms with Crippen LogP contribution >= 0.6 is 11.6 Å². The number of halogens is 1. The van der Waals surface area contributed by atoms with E-state index >= 15 is 0 Å². The van der Waals surface area contributed by atoms with Gasteiger partial charge in [0.15, 0.2) is 0 Å². The number of anilines is 1. The molecule has 0 unspecified atom stereocenters. The third-order valence-electron chi connectivity index (χ3n) is 2.69. The molecule has 18 heavy (non-hydrogen) atoms. The Bertz CT molecular complexity index is 644. The number of rotatable bonds is 3. The van der Waals surface area contributed by atoms with Crippen molar-refractivity contribution in [3.8, 4) is 0 Å². The molecule has 4 nitrogen and oxygen atoms in total. The molecule has 0 fully saturated rings. The lowest BCUT2D eigenvalue weighted by molar-refractivity contribution is 1.09. The van der Waals surface area contributed by atoms with Gasteiger partial charge in [0.05, 0.1) is 16.1 Å². The Morgan fingerprint density at radius 2 is 2.11 bits per heavy atom. The van der Waals surface area contributed by atoms with Crippen LogP contribution in [-0.4, -0.2) is 15.0 Å². The molecule has 5 heteroatoms. The van der Waals surface area contributed by atoms with E-state index < -0.39 is 0 Å². The van der Waals surface area contributed by atoms with Crippen molar-refractivity contribution in [3.63, 3.8) is 0 Å². The van der Waals surface area contributed by atoms with Crippen molar-refractivity contribution in [2.75, 3.05) is 5.32 Å². The normalized spacial score (nSPS) is 10.7. The second-order valence-electron chi connectivity index (χ2n) is 3.92. The molecule has 0 bridgehead atoms. The number of fused-ring (bicyclic) bond motifs is 1. The Labute approximate surface area is 109 Å². The van der Waals surface area contributed by atoms with Gasteiger partial charge in [0.25, 0.3) is 0 Å². The van der Waals surface area contributed by atoms with Gasteiger partial charge in [0.1, 0.15) is 0 Å². The fourth-order valence-electron chi connectivity index (χ4n) is 1.76. The van der Waals surface area contributed by atoms with Crippen LogP contribution in [0.3, 0.4) is 0 Å². The molecule has 0 saturated carbocycles. The minimum absolute atomic E-state index is 0.612. The summed E-state index contributed by atoms with van der Waals surface area (Å²) in [6.07, 6.45) is 3.36. The van der Waals surface area contributed by atoms with Gasteiger partial charge in [0.2, 0.25) is 5.95 Å². The lowest BCUT2D eigenvalue weighted by Gasteiger charge is -2.04. The standard InChI is InChI=1S/C13H11ClN4/c14-10-8-15-6-5-9(10)7-16-13-17-11-3-1-2-4-12(11)18-13/h1-6,8H,7H2,(H2,16,17,18). The highest BCUT2D eigenvalue weighted by atomic mass is 35.5. The second kappa shape index (κ2) is 4.66. The number of H-pyrrole nitrogens is 1. The first-order valence-electron chi connectivity index (χ1n) is 5.60. The first kappa shape index (κ1) is 11.0. The molecule has 3 aromatic rings. The van der Waals surface area contributed by atoms with E-state index in [1.54, 1.807) is 12.4 Å². The molecule has 2 heterocycles. The fraction of sp³-hybridized carbons (Fsp3) is 0.0769. The third kappa shape index (κ3) is 2.15. The van der Waals surface area contributed by atoms with Gasteiger partial charge in [-0.1, -0.05) is 23.7 Å². The van der Waals surface area contributed by atoms with E-state index in [0.29, 0.717) is 11.6 Å². The summed E-state index contributed by atoms with van der Waals surface area (Å²) in [5, 5.41) is 3.87. The van der Waals surface area contributed by atoms with E-state index in [9.17, 15) is 0 Å². The molecule has 0 spiro atoms. The summed E-state index contributed by atoms with van der Waals surface area (Å²) in [6.45, 7) is 0.612. The van der Waals surface area contributed by atoms with Gasteiger partial charge in [-0.2, -0.15) is 0 Å². The molecule has 0 saturated heterocycles. The number of benzene rings is 1. The van der Waals surface area contributed by atoms with E-state index in [1.807, 2.05) is 30.3 Å². The Kier molecular flexibility index (Phi) is 2.86. The van der Waals surface area contributed by atoms with Crippen LogP contribution in [0.15, 0.2) is 42.7 Å². The number of aromatic nitrogens is 3. The number of imidazole rings is 1. The number of aromatic amines is 1. The quantitative estimate of drug-likeness (QED) is 0.758. The summed E-state index contributed by atoms with van der Waals surface area (Å²) in [7, 11) is 0. The van der Waals surface area contributed by atoms with Crippen LogP contribution in [0.2, 0.25) is 5.02 Å². The summed E-state index contributed by atoms with van der Waals surface area (Å²) in [5.74, 6) is 0.740. The largest absolute Gasteiger partial charge is 0.352 e. The minimum atomic E-state index is 0.612. The fourth-order valence-corrected chi connectivity index (χ4v) is 1.95. The number of pyridine rings is 1. The Morgan fingerprint density at radius 3 is 2.94 bits per heavy atom. The van der Waals surface area contributed by atoms with Gasteiger partial charge in [0, 0.05) is 18.9 Å². The molecule has 0 atom stereocenters. The molecule has 0 aliphatic rings. The van der Waals surface area contributed by atoms with Crippen molar-refractivity contribution in [3.05, 3.63) is 53.3 Å². The molecular weight excluding hydrogens is 248 g/mol. The highest BCUT2D eigenvalue weighted by molar-refractivity contribution is 6.31. The molecule has 3 rings (SSSR count). The first-order chi connectivity index (χ1) is 8.83. The van der Waals surface area contributed by atoms with Crippen molar-refractivity contribution >= 4 is 28.6 Å². The van der Waals surface area contributed by atoms with Crippen LogP contribution in [0.25, 0.3) is 11.0 Å². The molecule has 2 N–H and O–H groups in total. The highest BCUT2D eigenvalue weighted by Crippen LogP contribution is 2.17. The second-order valence-corrected chi connectivity index (χ2v) is 4.33. The van der Waals surface area contributed by atoms with Crippen LogP contribution in [0.1, 0.15) is 5.56 Å². The third-order valence-corrected chi connectivity index (χ3v) is 3.03. The smallest absolute Gasteiger partial charge is 0.201 e. The maximum absolute atomic E-state index is 6.04. The average Bonchev–Trinajstić information content (AvgIpc) is 2.80. The summed E-state index contributed by atoms with van der Waals surface area (Å²) < 4.78 is 0. The summed E-state index contributed by atoms with van der Waals surface area (Å²) in [4.78, 5) is 11.6. The number of hydrogen-bond donors (Lipinski definition) is 2. The predicted octanol–water partition coefficient (Wildman–Crippen LogP) is 3.22. The Balaban J connectivity index is 1.79. The summed E-state index contributed by atoms with van der Waals surface area (Å²) in [6, 6.07) is 9.79. The summed E-state index contributed by atoms with van der Waals surface area (Å²) >= 11 is 6.04. The number of nitrogens with one attached hydrogen (secondary N) is 2. The van der Waals surface area contributed by atoms with Crippen LogP contribution in [0.5, 0.6) is 0 Å². The maximum Gasteiger partial charge on any atom is 0.201 e. The number of para-hydroxylation sites is 2. The van der Waals surface area contributed by atoms with Crippen molar-refractivity contribution in [1.82, 2.24) is 15.0 Å². The van der Waals surface area contributed by atoms with Gasteiger partial charge in [-0.15, -0.1) is 0 Å². The van der Waals surface area contributed by atoms with Crippen molar-refractivity contribution in [2.24, 2.45) is 0 Å². The van der Waals surface area contributed by atoms with Crippen LogP contribution in [-0.2, 0) is 6.54 Å². The van der Waals surface area contributed by atoms with Crippen molar-refractivity contribution in [1.29, 1.82) is 0 Å². The Hall–Kier alpha value is -2.07. The molecule has 0 radical (unpaired) electrons. The van der Waals surface area contributed by atoms with Crippen molar-refractivity contribution < 1.29 is 0 Å². The maximum atomic E-state index is 6.04. The van der Waals surface area contributed by atoms with E-state index in [0.717, 1.165) is 22.5 Å². The molecular formula is C13H11ClN4. The molecule has 1 aromatic carbocycles. The van der Waals surface area contributed by atoms with Crippen LogP contribution < -0.4 is 5.32 Å².